The van der Waals surface area contributed by atoms with Gasteiger partial charge in [0.1, 0.15) is 11.3 Å². The summed E-state index contributed by atoms with van der Waals surface area (Å²) < 4.78 is 2.40. The molecular formula is C30H39N7O2. The van der Waals surface area contributed by atoms with Crippen LogP contribution in [0.2, 0.25) is 0 Å². The molecule has 3 aliphatic carbocycles. The molecule has 6 rings (SSSR count). The summed E-state index contributed by atoms with van der Waals surface area (Å²) in [4.78, 5) is 29.6. The third kappa shape index (κ3) is 4.87. The van der Waals surface area contributed by atoms with Gasteiger partial charge in [0.15, 0.2) is 23.1 Å². The van der Waals surface area contributed by atoms with Gasteiger partial charge in [0.05, 0.1) is 5.41 Å². The lowest BCUT2D eigenvalue weighted by molar-refractivity contribution is 0.205. The smallest absolute Gasteiger partial charge is 0.433 e. The number of nitrogens with one attached hydrogen (secondary N) is 1. The van der Waals surface area contributed by atoms with Crippen LogP contribution in [0.3, 0.4) is 0 Å². The second-order valence-corrected chi connectivity index (χ2v) is 11.8. The van der Waals surface area contributed by atoms with E-state index in [2.05, 4.69) is 52.1 Å². The molecule has 206 valence electrons. The molecule has 3 aromatic rings. The number of hydrogen-bond acceptors (Lipinski definition) is 5. The first-order valence-corrected chi connectivity index (χ1v) is 14.6. The average molecular weight is 530 g/mol. The summed E-state index contributed by atoms with van der Waals surface area (Å²) in [5.74, 6) is 2.77. The maximum atomic E-state index is 11.3. The van der Waals surface area contributed by atoms with E-state index in [0.717, 1.165) is 37.1 Å². The van der Waals surface area contributed by atoms with Crippen LogP contribution in [-0.4, -0.2) is 42.6 Å². The Morgan fingerprint density at radius 2 is 1.82 bits per heavy atom. The number of hydrogen-bond donors (Lipinski definition) is 3. The summed E-state index contributed by atoms with van der Waals surface area (Å²) in [5, 5.41) is 12.9. The number of nitrogens with two attached hydrogens (primary N) is 1. The van der Waals surface area contributed by atoms with E-state index in [4.69, 9.17) is 20.7 Å². The predicted octanol–water partition coefficient (Wildman–Crippen LogP) is 5.86. The van der Waals surface area contributed by atoms with Gasteiger partial charge in [-0.3, -0.25) is 0 Å². The van der Waals surface area contributed by atoms with Gasteiger partial charge in [-0.25, -0.2) is 19.7 Å². The van der Waals surface area contributed by atoms with Crippen LogP contribution in [0, 0.1) is 11.8 Å². The maximum Gasteiger partial charge on any atom is 0.433 e. The molecule has 39 heavy (non-hydrogen) atoms. The van der Waals surface area contributed by atoms with Gasteiger partial charge in [0.2, 0.25) is 0 Å². The number of benzene rings is 1. The van der Waals surface area contributed by atoms with Crippen molar-refractivity contribution in [3.63, 3.8) is 0 Å². The lowest BCUT2D eigenvalue weighted by Gasteiger charge is -2.42. The van der Waals surface area contributed by atoms with Crippen molar-refractivity contribution in [2.24, 2.45) is 22.6 Å². The van der Waals surface area contributed by atoms with Crippen LogP contribution in [0.25, 0.3) is 11.2 Å². The molecule has 4 N–H and O–H groups in total. The molecule has 1 amide bonds. The van der Waals surface area contributed by atoms with Crippen molar-refractivity contribution in [2.75, 3.05) is 5.32 Å². The fraction of sp³-hybridized carbons (Fsp3) is 0.567. The van der Waals surface area contributed by atoms with Gasteiger partial charge in [0.25, 0.3) is 0 Å². The van der Waals surface area contributed by atoms with Crippen molar-refractivity contribution in [3.05, 3.63) is 47.5 Å². The molecule has 1 aromatic carbocycles. The van der Waals surface area contributed by atoms with Crippen LogP contribution < -0.4 is 11.1 Å². The molecule has 0 aliphatic heterocycles. The molecule has 1 atom stereocenters. The number of imidazole rings is 1. The number of fused-ring (bicyclic) bond motifs is 1. The highest BCUT2D eigenvalue weighted by atomic mass is 16.4. The molecule has 9 heteroatoms. The zero-order valence-electron chi connectivity index (χ0n) is 22.8. The summed E-state index contributed by atoms with van der Waals surface area (Å²) >= 11 is 0. The van der Waals surface area contributed by atoms with Crippen LogP contribution in [0.1, 0.15) is 94.8 Å². The van der Waals surface area contributed by atoms with E-state index in [0.29, 0.717) is 23.3 Å². The van der Waals surface area contributed by atoms with Crippen LogP contribution in [0.4, 0.5) is 10.6 Å². The van der Waals surface area contributed by atoms with Crippen LogP contribution >= 0.6 is 0 Å². The summed E-state index contributed by atoms with van der Waals surface area (Å²) in [6.07, 6.45) is 11.8. The van der Waals surface area contributed by atoms with Crippen LogP contribution in [0.15, 0.2) is 35.3 Å². The van der Waals surface area contributed by atoms with E-state index in [1.807, 2.05) is 0 Å². The van der Waals surface area contributed by atoms with Gasteiger partial charge in [-0.15, -0.1) is 0 Å². The number of nitrogens with zero attached hydrogens (tertiary/aromatic N) is 5. The largest absolute Gasteiger partial charge is 0.463 e. The van der Waals surface area contributed by atoms with E-state index in [9.17, 15) is 9.90 Å². The summed E-state index contributed by atoms with van der Waals surface area (Å²) in [5.41, 5.74) is 8.64. The minimum absolute atomic E-state index is 0.101. The number of aromatic nitrogens is 4. The average Bonchev–Trinajstić information content (AvgIpc) is 3.21. The zero-order chi connectivity index (χ0) is 27.0. The second kappa shape index (κ2) is 10.6. The van der Waals surface area contributed by atoms with Crippen molar-refractivity contribution < 1.29 is 9.90 Å². The van der Waals surface area contributed by atoms with Gasteiger partial charge in [-0.05, 0) is 62.8 Å². The molecule has 2 heterocycles. The van der Waals surface area contributed by atoms with E-state index < -0.39 is 6.09 Å². The van der Waals surface area contributed by atoms with Gasteiger partial charge in [0, 0.05) is 12.6 Å². The predicted molar refractivity (Wildman–Crippen MR) is 152 cm³/mol. The molecule has 3 saturated carbocycles. The molecule has 0 unspecified atom stereocenters. The van der Waals surface area contributed by atoms with Crippen molar-refractivity contribution in [1.82, 2.24) is 19.5 Å². The second-order valence-electron chi connectivity index (χ2n) is 11.8. The number of carbonyl (C=O) groups is 1. The minimum atomic E-state index is -1.37. The quantitative estimate of drug-likeness (QED) is 0.246. The normalized spacial score (nSPS) is 20.8. The van der Waals surface area contributed by atoms with Crippen molar-refractivity contribution in [1.29, 1.82) is 0 Å². The van der Waals surface area contributed by atoms with Crippen LogP contribution in [-0.2, 0) is 12.0 Å². The Hall–Kier alpha value is -3.49. The van der Waals surface area contributed by atoms with E-state index in [1.54, 1.807) is 0 Å². The first-order chi connectivity index (χ1) is 18.9. The van der Waals surface area contributed by atoms with E-state index in [-0.39, 0.29) is 23.1 Å². The number of amidine groups is 1. The zero-order valence-corrected chi connectivity index (χ0v) is 22.8. The number of carboxylic acid groups (broad SMARTS) is 1. The number of amides is 1. The van der Waals surface area contributed by atoms with E-state index >= 15 is 0 Å². The minimum Gasteiger partial charge on any atom is -0.463 e. The van der Waals surface area contributed by atoms with Crippen molar-refractivity contribution >= 4 is 28.9 Å². The highest BCUT2D eigenvalue weighted by molar-refractivity contribution is 6.01. The Balaban J connectivity index is 1.55. The third-order valence-electron chi connectivity index (χ3n) is 9.40. The highest BCUT2D eigenvalue weighted by Crippen LogP contribution is 2.50. The molecule has 9 nitrogen and oxygen atoms in total. The highest BCUT2D eigenvalue weighted by Gasteiger charge is 2.45. The lowest BCUT2D eigenvalue weighted by atomic mass is 9.63. The first-order valence-electron chi connectivity index (χ1n) is 14.6. The molecule has 0 spiro atoms. The molecular weight excluding hydrogens is 490 g/mol. The number of anilines is 1. The van der Waals surface area contributed by atoms with Gasteiger partial charge < -0.3 is 20.7 Å². The topological polar surface area (TPSA) is 131 Å². The maximum absolute atomic E-state index is 11.3. The Morgan fingerprint density at radius 1 is 1.08 bits per heavy atom. The fourth-order valence-corrected chi connectivity index (χ4v) is 6.78. The van der Waals surface area contributed by atoms with Crippen molar-refractivity contribution in [3.8, 4) is 0 Å². The molecule has 0 saturated heterocycles. The Labute approximate surface area is 229 Å². The SMILES string of the molecule is C[C@@H](Nc1nc(/C(N)=N/C(=O)O)nc2nc(C3(c4ccccc4)CCC3)n(CC3CCCCC3)c12)C1CCC1. The van der Waals surface area contributed by atoms with Crippen LogP contribution in [0.5, 0.6) is 0 Å². The molecule has 3 aliphatic rings. The van der Waals surface area contributed by atoms with E-state index in [1.165, 1.54) is 56.9 Å². The monoisotopic (exact) mass is 529 g/mol. The number of aliphatic imine (C=N–C) groups is 1. The summed E-state index contributed by atoms with van der Waals surface area (Å²) in [6, 6.07) is 10.9. The summed E-state index contributed by atoms with van der Waals surface area (Å²) in [6.45, 7) is 3.08. The molecule has 0 bridgehead atoms. The Kier molecular flexibility index (Phi) is 6.99. The summed E-state index contributed by atoms with van der Waals surface area (Å²) in [7, 11) is 0. The van der Waals surface area contributed by atoms with Gasteiger partial charge in [-0.1, -0.05) is 62.4 Å². The Bertz CT molecular complexity index is 1370. The van der Waals surface area contributed by atoms with Crippen molar-refractivity contribution in [2.45, 2.75) is 95.6 Å². The molecule has 2 aromatic heterocycles. The van der Waals surface area contributed by atoms with Gasteiger partial charge in [-0.2, -0.15) is 4.99 Å². The fourth-order valence-electron chi connectivity index (χ4n) is 6.78. The lowest BCUT2D eigenvalue weighted by Crippen LogP contribution is -2.39. The molecule has 3 fully saturated rings. The van der Waals surface area contributed by atoms with Gasteiger partial charge >= 0.3 is 6.09 Å². The third-order valence-corrected chi connectivity index (χ3v) is 9.40. The molecule has 0 radical (unpaired) electrons. The first kappa shape index (κ1) is 25.8. The number of rotatable bonds is 8. The Morgan fingerprint density at radius 3 is 2.44 bits per heavy atom. The standard InChI is InChI=1S/C30H39N7O2/c1-19(21-12-8-13-21)32-25-23-26(35-27(34-25)24(31)33-29(38)39)36-28(37(23)18-20-10-4-2-5-11-20)30(16-9-17-30)22-14-6-3-7-15-22/h3,6-7,14-15,19-21H,2,4-5,8-13,16-18H2,1H3,(H2,31,33)(H,38,39)(H,32,34,35)/t19-/m1/s1.